The molecule has 0 saturated carbocycles. The van der Waals surface area contributed by atoms with Gasteiger partial charge in [0.25, 0.3) is 5.56 Å². The van der Waals surface area contributed by atoms with E-state index in [2.05, 4.69) is 5.10 Å². The number of benzene rings is 1. The van der Waals surface area contributed by atoms with E-state index in [0.29, 0.717) is 10.7 Å². The largest absolute Gasteiger partial charge is 0.462 e. The first-order chi connectivity index (χ1) is 8.63. The Morgan fingerprint density at radius 1 is 1.50 bits per heavy atom. The van der Waals surface area contributed by atoms with Crippen molar-refractivity contribution in [3.05, 3.63) is 51.4 Å². The van der Waals surface area contributed by atoms with Crippen LogP contribution in [0.4, 0.5) is 0 Å². The number of nitrogens with one attached hydrogen (secondary N) is 1. The molecule has 0 amide bonds. The third-order valence-corrected chi connectivity index (χ3v) is 2.57. The number of rotatable bonds is 3. The maximum Gasteiger partial charge on any atom is 0.345 e. The zero-order chi connectivity index (χ0) is 13.1. The molecule has 0 bridgehead atoms. The lowest BCUT2D eigenvalue weighted by Crippen LogP contribution is -2.21. The molecule has 1 heterocycles. The number of carbonyl (C=O) groups excluding carboxylic acids is 1. The first-order valence-corrected chi connectivity index (χ1v) is 5.74. The Balaban J connectivity index is 2.43. The van der Waals surface area contributed by atoms with Gasteiger partial charge in [-0.05, 0) is 25.1 Å². The summed E-state index contributed by atoms with van der Waals surface area (Å²) in [7, 11) is 0. The summed E-state index contributed by atoms with van der Waals surface area (Å²) in [4.78, 5) is 23.5. The number of esters is 1. The molecular weight excluding hydrogens is 256 g/mol. The minimum Gasteiger partial charge on any atom is -0.462 e. The van der Waals surface area contributed by atoms with Gasteiger partial charge in [0.2, 0.25) is 0 Å². The predicted molar refractivity (Wildman–Crippen MR) is 67.4 cm³/mol. The zero-order valence-corrected chi connectivity index (χ0v) is 10.4. The van der Waals surface area contributed by atoms with E-state index in [1.165, 1.54) is 10.9 Å². The summed E-state index contributed by atoms with van der Waals surface area (Å²) in [5, 5.41) is 3.21. The van der Waals surface area contributed by atoms with Gasteiger partial charge in [-0.3, -0.25) is 9.89 Å². The normalized spacial score (nSPS) is 10.3. The van der Waals surface area contributed by atoms with Gasteiger partial charge >= 0.3 is 5.97 Å². The molecule has 6 heteroatoms. The molecule has 0 atom stereocenters. The SMILES string of the molecule is CCOC(=O)c1c[nH]n(-c2cccc(Cl)c2)c1=O. The van der Waals surface area contributed by atoms with Crippen LogP contribution in [-0.4, -0.2) is 22.4 Å². The molecule has 1 N–H and O–H groups in total. The number of H-pyrrole nitrogens is 1. The van der Waals surface area contributed by atoms with Crippen LogP contribution in [0, 0.1) is 0 Å². The Morgan fingerprint density at radius 2 is 2.28 bits per heavy atom. The van der Waals surface area contributed by atoms with Crippen LogP contribution in [0.2, 0.25) is 5.02 Å². The molecule has 1 aromatic heterocycles. The monoisotopic (exact) mass is 266 g/mol. The lowest BCUT2D eigenvalue weighted by Gasteiger charge is -2.01. The van der Waals surface area contributed by atoms with Crippen molar-refractivity contribution in [2.75, 3.05) is 6.61 Å². The number of aromatic amines is 1. The molecule has 0 unspecified atom stereocenters. The van der Waals surface area contributed by atoms with Gasteiger partial charge in [0.15, 0.2) is 0 Å². The molecule has 0 aliphatic carbocycles. The molecule has 0 aliphatic heterocycles. The Kier molecular flexibility index (Phi) is 3.53. The van der Waals surface area contributed by atoms with Crippen LogP contribution in [0.1, 0.15) is 17.3 Å². The molecule has 0 saturated heterocycles. The molecule has 5 nitrogen and oxygen atoms in total. The second-order valence-corrected chi connectivity index (χ2v) is 3.96. The third kappa shape index (κ3) is 2.31. The highest BCUT2D eigenvalue weighted by Crippen LogP contribution is 2.12. The fourth-order valence-corrected chi connectivity index (χ4v) is 1.72. The van der Waals surface area contributed by atoms with Crippen molar-refractivity contribution >= 4 is 17.6 Å². The van der Waals surface area contributed by atoms with E-state index in [0.717, 1.165) is 0 Å². The van der Waals surface area contributed by atoms with E-state index in [1.807, 2.05) is 0 Å². The zero-order valence-electron chi connectivity index (χ0n) is 9.64. The van der Waals surface area contributed by atoms with E-state index in [9.17, 15) is 9.59 Å². The van der Waals surface area contributed by atoms with Crippen LogP contribution in [0.15, 0.2) is 35.3 Å². The van der Waals surface area contributed by atoms with Gasteiger partial charge in [-0.2, -0.15) is 0 Å². The molecule has 0 fully saturated rings. The van der Waals surface area contributed by atoms with Crippen molar-refractivity contribution < 1.29 is 9.53 Å². The molecule has 0 aliphatic rings. The number of halogens is 1. The maximum absolute atomic E-state index is 12.0. The smallest absolute Gasteiger partial charge is 0.345 e. The maximum atomic E-state index is 12.0. The third-order valence-electron chi connectivity index (χ3n) is 2.33. The lowest BCUT2D eigenvalue weighted by atomic mass is 10.3. The number of carbonyl (C=O) groups is 1. The molecule has 0 radical (unpaired) electrons. The molecule has 1 aromatic carbocycles. The predicted octanol–water partition coefficient (Wildman–Crippen LogP) is 2.00. The fraction of sp³-hybridized carbons (Fsp3) is 0.167. The molecule has 94 valence electrons. The molecule has 18 heavy (non-hydrogen) atoms. The molecule has 0 spiro atoms. The molecule has 2 aromatic rings. The number of aromatic nitrogens is 2. The van der Waals surface area contributed by atoms with Crippen LogP contribution < -0.4 is 5.56 Å². The van der Waals surface area contributed by atoms with Crippen LogP contribution in [0.5, 0.6) is 0 Å². The summed E-state index contributed by atoms with van der Waals surface area (Å²) in [6, 6.07) is 6.74. The van der Waals surface area contributed by atoms with E-state index in [1.54, 1.807) is 31.2 Å². The van der Waals surface area contributed by atoms with Crippen molar-refractivity contribution in [3.63, 3.8) is 0 Å². The van der Waals surface area contributed by atoms with Crippen molar-refractivity contribution in [1.29, 1.82) is 0 Å². The van der Waals surface area contributed by atoms with Crippen molar-refractivity contribution in [2.45, 2.75) is 6.92 Å². The van der Waals surface area contributed by atoms with Crippen LogP contribution in [0.3, 0.4) is 0 Å². The average molecular weight is 267 g/mol. The quantitative estimate of drug-likeness (QED) is 0.864. The number of hydrogen-bond donors (Lipinski definition) is 1. The molecule has 2 rings (SSSR count). The number of hydrogen-bond acceptors (Lipinski definition) is 3. The van der Waals surface area contributed by atoms with E-state index < -0.39 is 11.5 Å². The topological polar surface area (TPSA) is 64.1 Å². The summed E-state index contributed by atoms with van der Waals surface area (Å²) < 4.78 is 6.02. The Labute approximate surface area is 108 Å². The average Bonchev–Trinajstić information content (AvgIpc) is 2.71. The summed E-state index contributed by atoms with van der Waals surface area (Å²) in [5.41, 5.74) is 0.0654. The molecular formula is C12H11ClN2O3. The van der Waals surface area contributed by atoms with Gasteiger partial charge < -0.3 is 4.74 Å². The van der Waals surface area contributed by atoms with Gasteiger partial charge in [0.1, 0.15) is 5.56 Å². The van der Waals surface area contributed by atoms with Gasteiger partial charge in [-0.1, -0.05) is 17.7 Å². The van der Waals surface area contributed by atoms with Gasteiger partial charge in [-0.25, -0.2) is 9.48 Å². The Hall–Kier alpha value is -2.01. The lowest BCUT2D eigenvalue weighted by molar-refractivity contribution is 0.0525. The first-order valence-electron chi connectivity index (χ1n) is 5.37. The Bertz CT molecular complexity index is 630. The second kappa shape index (κ2) is 5.10. The summed E-state index contributed by atoms with van der Waals surface area (Å²) in [6.45, 7) is 1.90. The minimum atomic E-state index is -0.639. The highest BCUT2D eigenvalue weighted by Gasteiger charge is 2.16. The van der Waals surface area contributed by atoms with Crippen molar-refractivity contribution in [2.24, 2.45) is 0 Å². The van der Waals surface area contributed by atoms with E-state index in [4.69, 9.17) is 16.3 Å². The van der Waals surface area contributed by atoms with Crippen LogP contribution in [-0.2, 0) is 4.74 Å². The van der Waals surface area contributed by atoms with Crippen molar-refractivity contribution in [3.8, 4) is 5.69 Å². The Morgan fingerprint density at radius 3 is 2.94 bits per heavy atom. The summed E-state index contributed by atoms with van der Waals surface area (Å²) in [6.07, 6.45) is 1.32. The van der Waals surface area contributed by atoms with Crippen LogP contribution >= 0.6 is 11.6 Å². The van der Waals surface area contributed by atoms with Crippen molar-refractivity contribution in [1.82, 2.24) is 9.78 Å². The highest BCUT2D eigenvalue weighted by molar-refractivity contribution is 6.30. The highest BCUT2D eigenvalue weighted by atomic mass is 35.5. The van der Waals surface area contributed by atoms with Gasteiger partial charge in [0, 0.05) is 11.2 Å². The minimum absolute atomic E-state index is 0.0307. The van der Waals surface area contributed by atoms with E-state index >= 15 is 0 Å². The first kappa shape index (κ1) is 12.4. The summed E-state index contributed by atoms with van der Waals surface area (Å²) in [5.74, 6) is -0.639. The standard InChI is InChI=1S/C12H11ClN2O3/c1-2-18-12(17)10-7-14-15(11(10)16)9-5-3-4-8(13)6-9/h3-7,14H,2H2,1H3. The summed E-state index contributed by atoms with van der Waals surface area (Å²) >= 11 is 5.85. The van der Waals surface area contributed by atoms with Crippen LogP contribution in [0.25, 0.3) is 5.69 Å². The van der Waals surface area contributed by atoms with Gasteiger partial charge in [-0.15, -0.1) is 0 Å². The van der Waals surface area contributed by atoms with E-state index in [-0.39, 0.29) is 12.2 Å². The van der Waals surface area contributed by atoms with Gasteiger partial charge in [0.05, 0.1) is 12.3 Å². The second-order valence-electron chi connectivity index (χ2n) is 3.53. The number of ether oxygens (including phenoxy) is 1. The fourth-order valence-electron chi connectivity index (χ4n) is 1.53. The number of nitrogens with zero attached hydrogens (tertiary/aromatic N) is 1.